The molecule has 1 aromatic heterocycles. The number of aromatic carboxylic acids is 1. The summed E-state index contributed by atoms with van der Waals surface area (Å²) in [5.74, 6) is -1.55. The molecule has 1 aromatic carbocycles. The number of aromatic nitrogens is 1. The van der Waals surface area contributed by atoms with E-state index >= 15 is 0 Å². The molecular weight excluding hydrogens is 266 g/mol. The minimum atomic E-state index is -1.05. The molecule has 0 aliphatic heterocycles. The summed E-state index contributed by atoms with van der Waals surface area (Å²) in [5, 5.41) is 12.4. The average Bonchev–Trinajstić information content (AvgIpc) is 2.71. The molecule has 2 aromatic rings. The van der Waals surface area contributed by atoms with Crippen molar-refractivity contribution in [2.24, 2.45) is 5.73 Å². The van der Waals surface area contributed by atoms with E-state index in [9.17, 15) is 9.59 Å². The van der Waals surface area contributed by atoms with E-state index in [1.54, 1.807) is 31.2 Å². The molecule has 4 N–H and O–H groups in total. The van der Waals surface area contributed by atoms with Gasteiger partial charge in [0.25, 0.3) is 0 Å². The van der Waals surface area contributed by atoms with Gasteiger partial charge in [-0.3, -0.25) is 4.79 Å². The molecule has 2 rings (SSSR count). The average molecular weight is 277 g/mol. The van der Waals surface area contributed by atoms with Gasteiger partial charge in [0.1, 0.15) is 0 Å². The highest BCUT2D eigenvalue weighted by Gasteiger charge is 2.14. The number of rotatable bonds is 4. The number of anilines is 2. The Morgan fingerprint density at radius 2 is 1.95 bits per heavy atom. The van der Waals surface area contributed by atoms with Gasteiger partial charge >= 0.3 is 5.97 Å². The quantitative estimate of drug-likeness (QED) is 0.792. The Labute approximate surface area is 112 Å². The molecule has 0 spiro atoms. The van der Waals surface area contributed by atoms with Gasteiger partial charge in [0.05, 0.1) is 0 Å². The molecule has 19 heavy (non-hydrogen) atoms. The Morgan fingerprint density at radius 1 is 1.32 bits per heavy atom. The molecule has 0 radical (unpaired) electrons. The van der Waals surface area contributed by atoms with E-state index in [2.05, 4.69) is 10.3 Å². The lowest BCUT2D eigenvalue weighted by Gasteiger charge is -2.02. The highest BCUT2D eigenvalue weighted by Crippen LogP contribution is 2.25. The van der Waals surface area contributed by atoms with Crippen LogP contribution in [0.2, 0.25) is 0 Å². The molecule has 0 bridgehead atoms. The fraction of sp³-hybridized carbons (Fsp3) is 0.0833. The number of nitrogens with zero attached hydrogens (tertiary/aromatic N) is 1. The zero-order chi connectivity index (χ0) is 14.0. The number of hydrogen-bond acceptors (Lipinski definition) is 5. The van der Waals surface area contributed by atoms with Gasteiger partial charge in [-0.15, -0.1) is 11.3 Å². The molecule has 0 fully saturated rings. The fourth-order valence-electron chi connectivity index (χ4n) is 1.49. The smallest absolute Gasteiger partial charge is 0.355 e. The van der Waals surface area contributed by atoms with Crippen LogP contribution >= 0.6 is 11.3 Å². The van der Waals surface area contributed by atoms with Crippen LogP contribution in [0.5, 0.6) is 0 Å². The van der Waals surface area contributed by atoms with Gasteiger partial charge in [-0.05, 0) is 31.2 Å². The van der Waals surface area contributed by atoms with Crippen LogP contribution < -0.4 is 11.1 Å². The second kappa shape index (κ2) is 5.07. The number of carboxylic acids is 1. The molecule has 0 atom stereocenters. The minimum Gasteiger partial charge on any atom is -0.476 e. The lowest BCUT2D eigenvalue weighted by Crippen LogP contribution is -2.10. The fourth-order valence-corrected chi connectivity index (χ4v) is 2.32. The number of amides is 1. The monoisotopic (exact) mass is 277 g/mol. The molecule has 0 saturated carbocycles. The summed E-state index contributed by atoms with van der Waals surface area (Å²) in [6.45, 7) is 1.70. The summed E-state index contributed by atoms with van der Waals surface area (Å²) in [6, 6.07) is 6.53. The maximum Gasteiger partial charge on any atom is 0.355 e. The standard InChI is InChI=1S/C12H11N3O3S/c1-6-9(11(17)18)15-12(19-6)14-8-4-2-7(3-5-8)10(13)16/h2-5H,1H3,(H2,13,16)(H,14,15)(H,17,18). The summed E-state index contributed by atoms with van der Waals surface area (Å²) in [7, 11) is 0. The molecule has 0 aliphatic carbocycles. The number of thiazole rings is 1. The van der Waals surface area contributed by atoms with E-state index in [1.165, 1.54) is 11.3 Å². The molecule has 7 heteroatoms. The number of primary amides is 1. The first-order valence-corrected chi connectivity index (χ1v) is 6.16. The Bertz CT molecular complexity index is 634. The Balaban J connectivity index is 2.19. The normalized spacial score (nSPS) is 10.2. The highest BCUT2D eigenvalue weighted by atomic mass is 32.1. The van der Waals surface area contributed by atoms with Crippen molar-refractivity contribution in [3.05, 3.63) is 40.4 Å². The van der Waals surface area contributed by atoms with Crippen molar-refractivity contribution in [2.45, 2.75) is 6.92 Å². The third-order valence-corrected chi connectivity index (χ3v) is 3.31. The van der Waals surface area contributed by atoms with Crippen LogP contribution in [0, 0.1) is 6.92 Å². The van der Waals surface area contributed by atoms with Crippen LogP contribution in [0.15, 0.2) is 24.3 Å². The molecule has 0 saturated heterocycles. The van der Waals surface area contributed by atoms with Crippen LogP contribution in [-0.2, 0) is 0 Å². The largest absolute Gasteiger partial charge is 0.476 e. The summed E-state index contributed by atoms with van der Waals surface area (Å²) in [4.78, 5) is 26.4. The molecule has 6 nitrogen and oxygen atoms in total. The van der Waals surface area contributed by atoms with E-state index < -0.39 is 11.9 Å². The summed E-state index contributed by atoms with van der Waals surface area (Å²) < 4.78 is 0. The predicted molar refractivity (Wildman–Crippen MR) is 72.1 cm³/mol. The van der Waals surface area contributed by atoms with E-state index in [-0.39, 0.29) is 5.69 Å². The number of nitrogens with one attached hydrogen (secondary N) is 1. The van der Waals surface area contributed by atoms with Crippen LogP contribution in [0.4, 0.5) is 10.8 Å². The van der Waals surface area contributed by atoms with E-state index in [0.29, 0.717) is 21.3 Å². The van der Waals surface area contributed by atoms with Crippen molar-refractivity contribution < 1.29 is 14.7 Å². The van der Waals surface area contributed by atoms with Gasteiger partial charge in [-0.1, -0.05) is 0 Å². The SMILES string of the molecule is Cc1sc(Nc2ccc(C(N)=O)cc2)nc1C(=O)O. The lowest BCUT2D eigenvalue weighted by molar-refractivity contribution is 0.0690. The first-order valence-electron chi connectivity index (χ1n) is 5.35. The minimum absolute atomic E-state index is 0.0428. The highest BCUT2D eigenvalue weighted by molar-refractivity contribution is 7.15. The third-order valence-electron chi connectivity index (χ3n) is 2.42. The van der Waals surface area contributed by atoms with Gasteiger partial charge in [0.15, 0.2) is 10.8 Å². The Kier molecular flexibility index (Phi) is 3.48. The van der Waals surface area contributed by atoms with Crippen LogP contribution in [-0.4, -0.2) is 22.0 Å². The maximum absolute atomic E-state index is 10.9. The molecule has 98 valence electrons. The van der Waals surface area contributed by atoms with Crippen molar-refractivity contribution in [3.8, 4) is 0 Å². The number of benzene rings is 1. The van der Waals surface area contributed by atoms with Crippen LogP contribution in [0.3, 0.4) is 0 Å². The topological polar surface area (TPSA) is 105 Å². The first kappa shape index (κ1) is 13.0. The molecular formula is C12H11N3O3S. The van der Waals surface area contributed by atoms with Gasteiger partial charge in [-0.25, -0.2) is 9.78 Å². The predicted octanol–water partition coefficient (Wildman–Crippen LogP) is 1.99. The van der Waals surface area contributed by atoms with Crippen molar-refractivity contribution >= 4 is 34.0 Å². The number of aryl methyl sites for hydroxylation is 1. The molecule has 1 heterocycles. The molecule has 1 amide bonds. The lowest BCUT2D eigenvalue weighted by atomic mass is 10.2. The van der Waals surface area contributed by atoms with Gasteiger partial charge in [0, 0.05) is 16.1 Å². The van der Waals surface area contributed by atoms with E-state index in [1.807, 2.05) is 0 Å². The maximum atomic E-state index is 10.9. The third kappa shape index (κ3) is 2.89. The van der Waals surface area contributed by atoms with Crippen molar-refractivity contribution in [2.75, 3.05) is 5.32 Å². The summed E-state index contributed by atoms with van der Waals surface area (Å²) in [5.41, 5.74) is 6.29. The van der Waals surface area contributed by atoms with Crippen molar-refractivity contribution in [3.63, 3.8) is 0 Å². The van der Waals surface area contributed by atoms with Crippen molar-refractivity contribution in [1.82, 2.24) is 4.98 Å². The van der Waals surface area contributed by atoms with Crippen LogP contribution in [0.25, 0.3) is 0 Å². The summed E-state index contributed by atoms with van der Waals surface area (Å²) >= 11 is 1.25. The second-order valence-electron chi connectivity index (χ2n) is 3.80. The number of hydrogen-bond donors (Lipinski definition) is 3. The second-order valence-corrected chi connectivity index (χ2v) is 5.00. The molecule has 0 aliphatic rings. The van der Waals surface area contributed by atoms with Gasteiger partial charge < -0.3 is 16.2 Å². The number of carbonyl (C=O) groups excluding carboxylic acids is 1. The zero-order valence-corrected chi connectivity index (χ0v) is 10.8. The van der Waals surface area contributed by atoms with Gasteiger partial charge in [-0.2, -0.15) is 0 Å². The zero-order valence-electron chi connectivity index (χ0n) is 10.0. The summed E-state index contributed by atoms with van der Waals surface area (Å²) in [6.07, 6.45) is 0. The number of nitrogens with two attached hydrogens (primary N) is 1. The number of carboxylic acid groups (broad SMARTS) is 1. The van der Waals surface area contributed by atoms with Gasteiger partial charge in [0.2, 0.25) is 5.91 Å². The van der Waals surface area contributed by atoms with E-state index in [0.717, 1.165) is 0 Å². The Morgan fingerprint density at radius 3 is 2.42 bits per heavy atom. The van der Waals surface area contributed by atoms with Crippen molar-refractivity contribution in [1.29, 1.82) is 0 Å². The Hall–Kier alpha value is -2.41. The molecule has 0 unspecified atom stereocenters. The van der Waals surface area contributed by atoms with E-state index in [4.69, 9.17) is 10.8 Å². The first-order chi connectivity index (χ1) is 8.97. The number of carbonyl (C=O) groups is 2. The van der Waals surface area contributed by atoms with Crippen LogP contribution in [0.1, 0.15) is 25.7 Å².